The normalized spacial score (nSPS) is 14.2. The Morgan fingerprint density at radius 3 is 0.819 bits per heavy atom. The molecule has 0 aliphatic carbocycles. The van der Waals surface area contributed by atoms with Crippen molar-refractivity contribution < 1.29 is 80.2 Å². The first-order chi connectivity index (χ1) is 40.0. The van der Waals surface area contributed by atoms with Crippen molar-refractivity contribution in [2.24, 2.45) is 5.92 Å². The van der Waals surface area contributed by atoms with Gasteiger partial charge in [0, 0.05) is 25.7 Å². The summed E-state index contributed by atoms with van der Waals surface area (Å²) in [6.07, 6.45) is 41.6. The maximum absolute atomic E-state index is 13.0. The lowest BCUT2D eigenvalue weighted by molar-refractivity contribution is -0.161. The van der Waals surface area contributed by atoms with E-state index in [1.165, 1.54) is 148 Å². The smallest absolute Gasteiger partial charge is 0.462 e. The Bertz CT molecular complexity index is 1620. The second kappa shape index (κ2) is 57.8. The number of hydrogen-bond acceptors (Lipinski definition) is 15. The van der Waals surface area contributed by atoms with Crippen molar-refractivity contribution in [3.8, 4) is 0 Å². The summed E-state index contributed by atoms with van der Waals surface area (Å²) in [6, 6.07) is 0. The van der Waals surface area contributed by atoms with E-state index < -0.39 is 97.5 Å². The van der Waals surface area contributed by atoms with Gasteiger partial charge in [-0.05, 0) is 31.6 Å². The Morgan fingerprint density at radius 2 is 0.554 bits per heavy atom. The van der Waals surface area contributed by atoms with Gasteiger partial charge in [0.15, 0.2) is 12.2 Å². The number of aliphatic hydroxyl groups excluding tert-OH is 1. The molecule has 0 heterocycles. The van der Waals surface area contributed by atoms with E-state index in [9.17, 15) is 43.2 Å². The predicted octanol–water partition coefficient (Wildman–Crippen LogP) is 17.8. The minimum atomic E-state index is -4.94. The Kier molecular flexibility index (Phi) is 56.4. The Hall–Kier alpha value is -1.94. The van der Waals surface area contributed by atoms with Crippen LogP contribution in [0, 0.1) is 5.92 Å². The van der Waals surface area contributed by atoms with E-state index in [0.717, 1.165) is 95.8 Å². The summed E-state index contributed by atoms with van der Waals surface area (Å²) in [5.74, 6) is -1.41. The van der Waals surface area contributed by atoms with Crippen molar-refractivity contribution in [2.45, 2.75) is 342 Å². The Morgan fingerprint density at radius 1 is 0.325 bits per heavy atom. The molecule has 83 heavy (non-hydrogen) atoms. The number of phosphoric acid groups is 2. The van der Waals surface area contributed by atoms with E-state index in [2.05, 4.69) is 34.6 Å². The first kappa shape index (κ1) is 81.1. The van der Waals surface area contributed by atoms with Crippen LogP contribution in [0.5, 0.6) is 0 Å². The van der Waals surface area contributed by atoms with Crippen LogP contribution >= 0.6 is 15.6 Å². The molecule has 0 spiro atoms. The van der Waals surface area contributed by atoms with Crippen LogP contribution in [0.4, 0.5) is 0 Å². The molecule has 0 aromatic rings. The summed E-state index contributed by atoms with van der Waals surface area (Å²) >= 11 is 0. The zero-order valence-corrected chi connectivity index (χ0v) is 55.1. The van der Waals surface area contributed by atoms with E-state index in [1.807, 2.05) is 0 Å². The van der Waals surface area contributed by atoms with E-state index >= 15 is 0 Å². The van der Waals surface area contributed by atoms with Crippen molar-refractivity contribution in [3.05, 3.63) is 0 Å². The number of esters is 4. The van der Waals surface area contributed by atoms with Crippen LogP contribution in [0.3, 0.4) is 0 Å². The summed E-state index contributed by atoms with van der Waals surface area (Å²) in [4.78, 5) is 72.2. The first-order valence-corrected chi connectivity index (χ1v) is 36.6. The summed E-state index contributed by atoms with van der Waals surface area (Å²) < 4.78 is 68.0. The fraction of sp³-hybridized carbons (Fsp3) is 0.938. The van der Waals surface area contributed by atoms with Crippen LogP contribution in [-0.2, 0) is 65.4 Å². The van der Waals surface area contributed by atoms with Crippen molar-refractivity contribution in [2.75, 3.05) is 39.6 Å². The molecule has 0 saturated carbocycles. The molecule has 0 aliphatic rings. The van der Waals surface area contributed by atoms with Gasteiger partial charge in [0.2, 0.25) is 0 Å². The number of aliphatic hydroxyl groups is 1. The highest BCUT2D eigenvalue weighted by atomic mass is 31.2. The van der Waals surface area contributed by atoms with E-state index in [4.69, 9.17) is 37.0 Å². The molecule has 2 unspecified atom stereocenters. The van der Waals surface area contributed by atoms with E-state index in [0.29, 0.717) is 25.7 Å². The van der Waals surface area contributed by atoms with Crippen LogP contribution in [-0.4, -0.2) is 96.7 Å². The average molecular weight is 1230 g/mol. The van der Waals surface area contributed by atoms with Crippen LogP contribution in [0.15, 0.2) is 0 Å². The molecular formula is C64H124O17P2. The highest BCUT2D eigenvalue weighted by Gasteiger charge is 2.30. The van der Waals surface area contributed by atoms with Crippen LogP contribution < -0.4 is 0 Å². The Labute approximate surface area is 505 Å². The Balaban J connectivity index is 5.23. The molecule has 0 aromatic heterocycles. The van der Waals surface area contributed by atoms with Crippen LogP contribution in [0.1, 0.15) is 324 Å². The summed E-state index contributed by atoms with van der Waals surface area (Å²) in [6.45, 7) is 7.14. The van der Waals surface area contributed by atoms with Gasteiger partial charge in [0.1, 0.15) is 19.3 Å². The topological polar surface area (TPSA) is 237 Å². The lowest BCUT2D eigenvalue weighted by Gasteiger charge is -2.21. The van der Waals surface area contributed by atoms with Crippen molar-refractivity contribution in [1.29, 1.82) is 0 Å². The molecule has 0 rings (SSSR count). The molecule has 17 nitrogen and oxygen atoms in total. The lowest BCUT2D eigenvalue weighted by atomic mass is 10.0. The monoisotopic (exact) mass is 1230 g/mol. The van der Waals surface area contributed by atoms with Gasteiger partial charge >= 0.3 is 39.5 Å². The van der Waals surface area contributed by atoms with Gasteiger partial charge in [-0.1, -0.05) is 272 Å². The maximum atomic E-state index is 13.0. The summed E-state index contributed by atoms with van der Waals surface area (Å²) in [7, 11) is -9.88. The molecule has 0 fully saturated rings. The third-order valence-corrected chi connectivity index (χ3v) is 16.7. The van der Waals surface area contributed by atoms with Gasteiger partial charge in [0.25, 0.3) is 0 Å². The molecule has 0 radical (unpaired) electrons. The molecule has 0 aliphatic heterocycles. The van der Waals surface area contributed by atoms with E-state index in [1.54, 1.807) is 0 Å². The van der Waals surface area contributed by atoms with Gasteiger partial charge in [-0.2, -0.15) is 0 Å². The molecular weight excluding hydrogens is 1100 g/mol. The standard InChI is InChI=1S/C64H124O17P2/c1-6-9-12-15-18-21-23-24-25-28-35-40-45-50-64(69)81-60(54-75-62(67)48-43-38-33-30-29-31-36-41-46-57(4)5)56-79-83(72,73)77-52-58(65)51-76-82(70,71)78-55-59(53-74-61(66)47-42-37-32-26-20-17-14-11-8-3)80-63(68)49-44-39-34-27-22-19-16-13-10-7-2/h57-60,65H,6-56H2,1-5H3,(H,70,71)(H,72,73)/t58-,59+,60+/m0/s1. The largest absolute Gasteiger partial charge is 0.472 e. The molecule has 0 saturated heterocycles. The number of phosphoric ester groups is 2. The zero-order valence-electron chi connectivity index (χ0n) is 53.3. The number of unbranched alkanes of at least 4 members (excludes halogenated alkanes) is 36. The number of rotatable bonds is 64. The molecule has 19 heteroatoms. The molecule has 0 aromatic carbocycles. The van der Waals surface area contributed by atoms with Gasteiger partial charge in [-0.15, -0.1) is 0 Å². The molecule has 3 N–H and O–H groups in total. The zero-order chi connectivity index (χ0) is 61.3. The van der Waals surface area contributed by atoms with Gasteiger partial charge in [-0.25, -0.2) is 9.13 Å². The second-order valence-corrected chi connectivity index (χ2v) is 26.5. The molecule has 0 amide bonds. The molecule has 5 atom stereocenters. The number of hydrogen-bond donors (Lipinski definition) is 3. The van der Waals surface area contributed by atoms with Crippen molar-refractivity contribution >= 4 is 39.5 Å². The number of carbonyl (C=O) groups excluding carboxylic acids is 4. The van der Waals surface area contributed by atoms with E-state index in [-0.39, 0.29) is 25.7 Å². The van der Waals surface area contributed by atoms with Crippen LogP contribution in [0.2, 0.25) is 0 Å². The van der Waals surface area contributed by atoms with Gasteiger partial charge in [0.05, 0.1) is 26.4 Å². The number of carbonyl (C=O) groups is 4. The predicted molar refractivity (Wildman–Crippen MR) is 331 cm³/mol. The quantitative estimate of drug-likeness (QED) is 0.0222. The molecule has 492 valence electrons. The van der Waals surface area contributed by atoms with Crippen molar-refractivity contribution in [3.63, 3.8) is 0 Å². The first-order valence-electron chi connectivity index (χ1n) is 33.6. The minimum absolute atomic E-state index is 0.106. The van der Waals surface area contributed by atoms with Crippen LogP contribution in [0.25, 0.3) is 0 Å². The lowest BCUT2D eigenvalue weighted by Crippen LogP contribution is -2.30. The number of ether oxygens (including phenoxy) is 4. The third kappa shape index (κ3) is 58.8. The summed E-state index contributed by atoms with van der Waals surface area (Å²) in [5.41, 5.74) is 0. The fourth-order valence-electron chi connectivity index (χ4n) is 9.58. The van der Waals surface area contributed by atoms with Crippen molar-refractivity contribution in [1.82, 2.24) is 0 Å². The van der Waals surface area contributed by atoms with Gasteiger partial charge < -0.3 is 33.8 Å². The minimum Gasteiger partial charge on any atom is -0.462 e. The third-order valence-electron chi connectivity index (χ3n) is 14.8. The highest BCUT2D eigenvalue weighted by Crippen LogP contribution is 2.45. The summed E-state index contributed by atoms with van der Waals surface area (Å²) in [5, 5.41) is 10.5. The molecule has 0 bridgehead atoms. The SMILES string of the molecule is CCCCCCCCCCCCCCCC(=O)O[C@H](COC(=O)CCCCCCCCCCC(C)C)COP(=O)(O)OC[C@@H](O)COP(=O)(O)OC[C@@H](COC(=O)CCCCCCCCCCC)OC(=O)CCCCCCCCCCCC. The fourth-order valence-corrected chi connectivity index (χ4v) is 11.2. The highest BCUT2D eigenvalue weighted by molar-refractivity contribution is 7.47. The van der Waals surface area contributed by atoms with Gasteiger partial charge in [-0.3, -0.25) is 37.3 Å². The maximum Gasteiger partial charge on any atom is 0.472 e. The second-order valence-electron chi connectivity index (χ2n) is 23.6. The average Bonchev–Trinajstić information content (AvgIpc) is 3.50.